The third-order valence-corrected chi connectivity index (χ3v) is 5.06. The van der Waals surface area contributed by atoms with Crippen LogP contribution in [0.4, 0.5) is 4.79 Å². The van der Waals surface area contributed by atoms with Gasteiger partial charge in [-0.3, -0.25) is 0 Å². The van der Waals surface area contributed by atoms with Gasteiger partial charge in [0.15, 0.2) is 9.84 Å². The standard InChI is InChI=1S/C13H17NO5S/c1-13(6-7-20(16,17)9-13)14-12(15)19-11-5-3-4-10(8-11)18-2/h3-5,8H,6-7,9H2,1-2H3,(H,14,15). The Balaban J connectivity index is 1.99. The molecule has 0 spiro atoms. The Hall–Kier alpha value is -1.76. The number of sulfone groups is 1. The molecule has 1 aromatic rings. The predicted molar refractivity (Wildman–Crippen MR) is 73.8 cm³/mol. The van der Waals surface area contributed by atoms with Crippen molar-refractivity contribution in [3.05, 3.63) is 24.3 Å². The maximum atomic E-state index is 11.8. The lowest BCUT2D eigenvalue weighted by Gasteiger charge is -2.23. The monoisotopic (exact) mass is 299 g/mol. The van der Waals surface area contributed by atoms with Crippen LogP contribution >= 0.6 is 0 Å². The second kappa shape index (κ2) is 5.32. The Labute approximate surface area is 118 Å². The van der Waals surface area contributed by atoms with Crippen molar-refractivity contribution in [3.63, 3.8) is 0 Å². The number of ether oxygens (including phenoxy) is 2. The third-order valence-electron chi connectivity index (χ3n) is 3.16. The van der Waals surface area contributed by atoms with Crippen LogP contribution in [0.1, 0.15) is 13.3 Å². The van der Waals surface area contributed by atoms with Gasteiger partial charge in [0.05, 0.1) is 24.2 Å². The van der Waals surface area contributed by atoms with E-state index in [0.717, 1.165) is 0 Å². The van der Waals surface area contributed by atoms with Crippen molar-refractivity contribution in [2.45, 2.75) is 18.9 Å². The summed E-state index contributed by atoms with van der Waals surface area (Å²) in [6.45, 7) is 1.70. The van der Waals surface area contributed by atoms with Crippen LogP contribution in [0.3, 0.4) is 0 Å². The molecule has 2 rings (SSSR count). The molecule has 1 unspecified atom stereocenters. The number of hydrogen-bond acceptors (Lipinski definition) is 5. The van der Waals surface area contributed by atoms with E-state index in [1.807, 2.05) is 0 Å². The van der Waals surface area contributed by atoms with Gasteiger partial charge in [-0.2, -0.15) is 0 Å². The number of nitrogens with one attached hydrogen (secondary N) is 1. The van der Waals surface area contributed by atoms with Gasteiger partial charge in [0.25, 0.3) is 0 Å². The molecule has 1 aliphatic rings. The highest BCUT2D eigenvalue weighted by molar-refractivity contribution is 7.91. The van der Waals surface area contributed by atoms with Crippen LogP contribution in [0.2, 0.25) is 0 Å². The average molecular weight is 299 g/mol. The zero-order chi connectivity index (χ0) is 14.8. The lowest BCUT2D eigenvalue weighted by molar-refractivity contribution is 0.189. The van der Waals surface area contributed by atoms with Gasteiger partial charge in [-0.25, -0.2) is 13.2 Å². The number of methoxy groups -OCH3 is 1. The number of carbonyl (C=O) groups is 1. The van der Waals surface area contributed by atoms with Crippen molar-refractivity contribution in [1.29, 1.82) is 0 Å². The van der Waals surface area contributed by atoms with Crippen molar-refractivity contribution in [1.82, 2.24) is 5.32 Å². The molecule has 0 radical (unpaired) electrons. The van der Waals surface area contributed by atoms with Crippen molar-refractivity contribution in [3.8, 4) is 11.5 Å². The molecule has 6 nitrogen and oxygen atoms in total. The Morgan fingerprint density at radius 1 is 1.35 bits per heavy atom. The third kappa shape index (κ3) is 3.63. The van der Waals surface area contributed by atoms with Gasteiger partial charge in [0.1, 0.15) is 11.5 Å². The highest BCUT2D eigenvalue weighted by Crippen LogP contribution is 2.24. The Morgan fingerprint density at radius 2 is 2.05 bits per heavy atom. The molecular weight excluding hydrogens is 282 g/mol. The summed E-state index contributed by atoms with van der Waals surface area (Å²) in [6.07, 6.45) is -0.277. The van der Waals surface area contributed by atoms with Crippen LogP contribution in [0.5, 0.6) is 11.5 Å². The molecule has 1 amide bonds. The summed E-state index contributed by atoms with van der Waals surface area (Å²) in [6, 6.07) is 6.63. The highest BCUT2D eigenvalue weighted by atomic mass is 32.2. The van der Waals surface area contributed by atoms with Gasteiger partial charge < -0.3 is 14.8 Å². The van der Waals surface area contributed by atoms with E-state index in [2.05, 4.69) is 5.32 Å². The first-order chi connectivity index (χ1) is 9.32. The second-order valence-electron chi connectivity index (χ2n) is 5.10. The number of hydrogen-bond donors (Lipinski definition) is 1. The molecule has 1 fully saturated rings. The molecule has 0 bridgehead atoms. The fourth-order valence-electron chi connectivity index (χ4n) is 2.15. The quantitative estimate of drug-likeness (QED) is 0.911. The van der Waals surface area contributed by atoms with Crippen molar-refractivity contribution in [2.75, 3.05) is 18.6 Å². The van der Waals surface area contributed by atoms with Crippen LogP contribution in [-0.2, 0) is 9.84 Å². The minimum atomic E-state index is -3.07. The van der Waals surface area contributed by atoms with E-state index in [9.17, 15) is 13.2 Å². The summed E-state index contributed by atoms with van der Waals surface area (Å²) in [7, 11) is -1.56. The minimum Gasteiger partial charge on any atom is -0.497 e. The maximum Gasteiger partial charge on any atom is 0.413 e. The smallest absolute Gasteiger partial charge is 0.413 e. The molecule has 110 valence electrons. The molecule has 20 heavy (non-hydrogen) atoms. The van der Waals surface area contributed by atoms with Gasteiger partial charge in [-0.05, 0) is 25.5 Å². The number of amides is 1. The Kier molecular flexibility index (Phi) is 3.89. The maximum absolute atomic E-state index is 11.8. The first-order valence-corrected chi connectivity index (χ1v) is 7.99. The van der Waals surface area contributed by atoms with E-state index in [0.29, 0.717) is 17.9 Å². The minimum absolute atomic E-state index is 0.0623. The molecule has 1 aromatic carbocycles. The first kappa shape index (κ1) is 14.6. The van der Waals surface area contributed by atoms with Gasteiger partial charge in [-0.1, -0.05) is 6.07 Å². The van der Waals surface area contributed by atoms with E-state index in [4.69, 9.17) is 9.47 Å². The number of carbonyl (C=O) groups excluding carboxylic acids is 1. The predicted octanol–water partition coefficient (Wildman–Crippen LogP) is 1.36. The van der Waals surface area contributed by atoms with Crippen LogP contribution in [0, 0.1) is 0 Å². The highest BCUT2D eigenvalue weighted by Gasteiger charge is 2.39. The topological polar surface area (TPSA) is 81.7 Å². The number of benzene rings is 1. The zero-order valence-corrected chi connectivity index (χ0v) is 12.2. The largest absolute Gasteiger partial charge is 0.497 e. The molecule has 0 aromatic heterocycles. The van der Waals surface area contributed by atoms with Crippen molar-refractivity contribution >= 4 is 15.9 Å². The molecular formula is C13H17NO5S. The van der Waals surface area contributed by atoms with Gasteiger partial charge in [0.2, 0.25) is 0 Å². The fourth-order valence-corrected chi connectivity index (χ4v) is 4.25. The normalized spacial score (nSPS) is 24.1. The van der Waals surface area contributed by atoms with Crippen molar-refractivity contribution in [2.24, 2.45) is 0 Å². The van der Waals surface area contributed by atoms with Gasteiger partial charge in [-0.15, -0.1) is 0 Å². The molecule has 1 aliphatic heterocycles. The lowest BCUT2D eigenvalue weighted by atomic mass is 10.0. The van der Waals surface area contributed by atoms with E-state index in [1.54, 1.807) is 31.2 Å². The first-order valence-electron chi connectivity index (χ1n) is 6.16. The summed E-state index contributed by atoms with van der Waals surface area (Å²) in [5, 5.41) is 2.62. The molecule has 1 saturated heterocycles. The number of rotatable bonds is 3. The summed E-state index contributed by atoms with van der Waals surface area (Å²) < 4.78 is 33.1. The van der Waals surface area contributed by atoms with E-state index in [-0.39, 0.29) is 11.5 Å². The van der Waals surface area contributed by atoms with Gasteiger partial charge in [0, 0.05) is 6.07 Å². The molecule has 0 saturated carbocycles. The van der Waals surface area contributed by atoms with E-state index < -0.39 is 21.5 Å². The summed E-state index contributed by atoms with van der Waals surface area (Å²) in [4.78, 5) is 11.8. The SMILES string of the molecule is COc1cccc(OC(=O)NC2(C)CCS(=O)(=O)C2)c1. The van der Waals surface area contributed by atoms with Gasteiger partial charge >= 0.3 is 6.09 Å². The summed E-state index contributed by atoms with van der Waals surface area (Å²) in [5.74, 6) is 0.937. The molecule has 1 atom stereocenters. The van der Waals surface area contributed by atoms with Crippen LogP contribution in [0.15, 0.2) is 24.3 Å². The Morgan fingerprint density at radius 3 is 2.65 bits per heavy atom. The lowest BCUT2D eigenvalue weighted by Crippen LogP contribution is -2.48. The average Bonchev–Trinajstić information content (AvgIpc) is 2.63. The fraction of sp³-hybridized carbons (Fsp3) is 0.462. The van der Waals surface area contributed by atoms with Crippen LogP contribution < -0.4 is 14.8 Å². The second-order valence-corrected chi connectivity index (χ2v) is 7.28. The van der Waals surface area contributed by atoms with E-state index in [1.165, 1.54) is 7.11 Å². The van der Waals surface area contributed by atoms with Crippen molar-refractivity contribution < 1.29 is 22.7 Å². The Bertz CT molecular complexity index is 613. The molecule has 1 N–H and O–H groups in total. The molecule has 0 aliphatic carbocycles. The summed E-state index contributed by atoms with van der Waals surface area (Å²) in [5.41, 5.74) is -0.769. The van der Waals surface area contributed by atoms with Crippen LogP contribution in [0.25, 0.3) is 0 Å². The van der Waals surface area contributed by atoms with Crippen LogP contribution in [-0.4, -0.2) is 38.7 Å². The zero-order valence-electron chi connectivity index (χ0n) is 11.4. The molecule has 1 heterocycles. The molecule has 7 heteroatoms. The van der Waals surface area contributed by atoms with E-state index >= 15 is 0 Å². The summed E-state index contributed by atoms with van der Waals surface area (Å²) >= 11 is 0.